The van der Waals surface area contributed by atoms with E-state index in [2.05, 4.69) is 37.8 Å². The molecular weight excluding hydrogens is 500 g/mol. The molecule has 0 saturated heterocycles. The molecule has 0 bridgehead atoms. The van der Waals surface area contributed by atoms with E-state index in [0.29, 0.717) is 0 Å². The third-order valence-electron chi connectivity index (χ3n) is 7.69. The summed E-state index contributed by atoms with van der Waals surface area (Å²) in [5.74, 6) is 0.229. The number of esters is 1. The zero-order valence-electron chi connectivity index (χ0n) is 23.6. The summed E-state index contributed by atoms with van der Waals surface area (Å²) in [4.78, 5) is 32.5. The molecule has 1 saturated carbocycles. The van der Waals surface area contributed by atoms with Gasteiger partial charge in [0.2, 0.25) is 0 Å². The average molecular weight is 537 g/mol. The first kappa shape index (κ1) is 26.4. The molecule has 4 heterocycles. The molecule has 4 aromatic rings. The van der Waals surface area contributed by atoms with Gasteiger partial charge in [-0.1, -0.05) is 13.8 Å². The number of thiophene rings is 1. The van der Waals surface area contributed by atoms with Crippen LogP contribution in [0.5, 0.6) is 0 Å². The summed E-state index contributed by atoms with van der Waals surface area (Å²) >= 11 is 1.65. The van der Waals surface area contributed by atoms with Crippen LogP contribution in [-0.2, 0) is 14.3 Å². The van der Waals surface area contributed by atoms with E-state index in [1.54, 1.807) is 26.7 Å². The van der Waals surface area contributed by atoms with E-state index in [4.69, 9.17) is 9.47 Å². The van der Waals surface area contributed by atoms with Gasteiger partial charge in [-0.15, -0.1) is 11.3 Å². The number of rotatable bonds is 4. The predicted octanol–water partition coefficient (Wildman–Crippen LogP) is 6.91. The second kappa shape index (κ2) is 9.22. The number of hydrogen-bond acceptors (Lipinski definition) is 7. The Balaban J connectivity index is 1.78. The minimum absolute atomic E-state index is 0.0565. The molecule has 202 valence electrons. The summed E-state index contributed by atoms with van der Waals surface area (Å²) in [5, 5.41) is 5.51. The zero-order valence-corrected chi connectivity index (χ0v) is 24.4. The van der Waals surface area contributed by atoms with E-state index in [9.17, 15) is 9.59 Å². The van der Waals surface area contributed by atoms with Crippen molar-refractivity contribution in [2.45, 2.75) is 85.7 Å². The van der Waals surface area contributed by atoms with Gasteiger partial charge in [-0.05, 0) is 88.5 Å². The number of hydrogen-bond donors (Lipinski definition) is 0. The number of aryl methyl sites for hydroxylation is 2. The third-order valence-corrected chi connectivity index (χ3v) is 9.13. The number of fused-ring (bicyclic) bond motifs is 2. The Hall–Kier alpha value is -3.20. The fourth-order valence-electron chi connectivity index (χ4n) is 5.66. The highest BCUT2D eigenvalue weighted by atomic mass is 32.1. The van der Waals surface area contributed by atoms with Crippen molar-refractivity contribution < 1.29 is 19.1 Å². The van der Waals surface area contributed by atoms with E-state index in [-0.39, 0.29) is 23.7 Å². The lowest BCUT2D eigenvalue weighted by Crippen LogP contribution is -2.29. The van der Waals surface area contributed by atoms with E-state index in [1.165, 1.54) is 17.6 Å². The maximum Gasteiger partial charge on any atom is 0.420 e. The van der Waals surface area contributed by atoms with Gasteiger partial charge in [0, 0.05) is 22.0 Å². The maximum atomic E-state index is 13.9. The second-order valence-electron chi connectivity index (χ2n) is 11.7. The van der Waals surface area contributed by atoms with Crippen LogP contribution in [0.3, 0.4) is 0 Å². The fourth-order valence-corrected chi connectivity index (χ4v) is 7.11. The van der Waals surface area contributed by atoms with Crippen molar-refractivity contribution in [1.29, 1.82) is 0 Å². The normalized spacial score (nSPS) is 17.8. The largest absolute Gasteiger partial charge is 0.469 e. The third kappa shape index (κ3) is 4.11. The summed E-state index contributed by atoms with van der Waals surface area (Å²) in [5.41, 5.74) is 6.33. The van der Waals surface area contributed by atoms with Crippen molar-refractivity contribution in [3.63, 3.8) is 0 Å². The van der Waals surface area contributed by atoms with Gasteiger partial charge in [-0.25, -0.2) is 18.9 Å². The summed E-state index contributed by atoms with van der Waals surface area (Å²) in [6.45, 7) is 16.3. The summed E-state index contributed by atoms with van der Waals surface area (Å²) in [6.07, 6.45) is 4.67. The Morgan fingerprint density at radius 2 is 1.79 bits per heavy atom. The Kier molecular flexibility index (Phi) is 6.41. The topological polar surface area (TPSA) is 87.7 Å². The van der Waals surface area contributed by atoms with Crippen LogP contribution in [0, 0.1) is 26.7 Å². The summed E-state index contributed by atoms with van der Waals surface area (Å²) < 4.78 is 14.5. The minimum Gasteiger partial charge on any atom is -0.469 e. The molecule has 0 unspecified atom stereocenters. The monoisotopic (exact) mass is 536 g/mol. The van der Waals surface area contributed by atoms with Gasteiger partial charge in [-0.2, -0.15) is 5.10 Å². The van der Waals surface area contributed by atoms with E-state index < -0.39 is 11.7 Å². The molecule has 8 nitrogen and oxygen atoms in total. The minimum atomic E-state index is -0.652. The van der Waals surface area contributed by atoms with Crippen LogP contribution < -0.4 is 0 Å². The number of pyridine rings is 1. The molecule has 0 radical (unpaired) electrons. The van der Waals surface area contributed by atoms with Crippen molar-refractivity contribution in [2.75, 3.05) is 7.11 Å². The molecule has 9 heteroatoms. The Bertz CT molecular complexity index is 1580. The Morgan fingerprint density at radius 3 is 2.39 bits per heavy atom. The predicted molar refractivity (Wildman–Crippen MR) is 149 cm³/mol. The van der Waals surface area contributed by atoms with Gasteiger partial charge < -0.3 is 9.47 Å². The molecule has 0 spiro atoms. The lowest BCUT2D eigenvalue weighted by atomic mass is 9.73. The molecule has 38 heavy (non-hydrogen) atoms. The highest BCUT2D eigenvalue weighted by Gasteiger charge is 2.40. The molecule has 0 atom stereocenters. The van der Waals surface area contributed by atoms with E-state index in [0.717, 1.165) is 56.7 Å². The SMILES string of the molecule is COC(=O)C1CC(c2sc3c(c2C)c(C(C)C)c(-c2cn4ncnc4c(C)c2C)n3C(=O)OC(C)(C)C)C1. The first-order chi connectivity index (χ1) is 17.8. The zero-order chi connectivity index (χ0) is 27.7. The van der Waals surface area contributed by atoms with Crippen molar-refractivity contribution in [3.05, 3.63) is 39.7 Å². The Morgan fingerprint density at radius 1 is 1.11 bits per heavy atom. The summed E-state index contributed by atoms with van der Waals surface area (Å²) in [7, 11) is 1.45. The van der Waals surface area contributed by atoms with Crippen LogP contribution in [0.15, 0.2) is 12.5 Å². The molecule has 0 amide bonds. The molecule has 0 aliphatic heterocycles. The number of carbonyl (C=O) groups excluding carboxylic acids is 2. The quantitative estimate of drug-likeness (QED) is 0.263. The van der Waals surface area contributed by atoms with Crippen molar-refractivity contribution in [2.24, 2.45) is 5.92 Å². The molecule has 1 aliphatic carbocycles. The van der Waals surface area contributed by atoms with E-state index in [1.807, 2.05) is 33.9 Å². The maximum absolute atomic E-state index is 13.9. The van der Waals surface area contributed by atoms with Gasteiger partial charge in [0.1, 0.15) is 16.8 Å². The van der Waals surface area contributed by atoms with Gasteiger partial charge in [0.25, 0.3) is 0 Å². The molecule has 1 fully saturated rings. The summed E-state index contributed by atoms with van der Waals surface area (Å²) in [6, 6.07) is 0. The van der Waals surface area contributed by atoms with Crippen molar-refractivity contribution >= 4 is 39.3 Å². The molecule has 0 N–H and O–H groups in total. The molecular formula is C29H36N4O4S. The average Bonchev–Trinajstić information content (AvgIpc) is 3.48. The first-order valence-corrected chi connectivity index (χ1v) is 13.9. The number of carbonyl (C=O) groups is 2. The highest BCUT2D eigenvalue weighted by Crippen LogP contribution is 2.52. The lowest BCUT2D eigenvalue weighted by molar-refractivity contribution is -0.148. The number of aromatic nitrogens is 4. The van der Waals surface area contributed by atoms with Crippen LogP contribution >= 0.6 is 11.3 Å². The standard InChI is InChI=1S/C29H36N4O4S/c1-14(2)21-22-17(5)24(18-10-19(11-18)27(34)36-9)38-26(22)33(28(35)37-29(6,7)8)23(21)20-12-32-25(30-13-31-32)16(4)15(20)3/h12-14,18-19H,10-11H2,1-9H3. The van der Waals surface area contributed by atoms with Crippen LogP contribution in [0.4, 0.5) is 4.79 Å². The van der Waals surface area contributed by atoms with Crippen LogP contribution in [0.25, 0.3) is 27.1 Å². The Labute approximate surface area is 227 Å². The molecule has 1 aliphatic rings. The molecule has 0 aromatic carbocycles. The van der Waals surface area contributed by atoms with Crippen LogP contribution in [0.2, 0.25) is 0 Å². The van der Waals surface area contributed by atoms with Crippen LogP contribution in [0.1, 0.15) is 86.4 Å². The molecule has 5 rings (SSSR count). The van der Waals surface area contributed by atoms with Crippen molar-refractivity contribution in [1.82, 2.24) is 19.2 Å². The van der Waals surface area contributed by atoms with E-state index >= 15 is 0 Å². The van der Waals surface area contributed by atoms with Gasteiger partial charge in [0.05, 0.1) is 18.7 Å². The number of methoxy groups -OCH3 is 1. The number of ether oxygens (including phenoxy) is 2. The van der Waals surface area contributed by atoms with Crippen molar-refractivity contribution in [3.8, 4) is 11.3 Å². The number of nitrogens with zero attached hydrogens (tertiary/aromatic N) is 4. The van der Waals surface area contributed by atoms with Crippen LogP contribution in [-0.4, -0.2) is 43.9 Å². The molecule has 4 aromatic heterocycles. The fraction of sp³-hybridized carbons (Fsp3) is 0.517. The second-order valence-corrected chi connectivity index (χ2v) is 12.7. The lowest BCUT2D eigenvalue weighted by Gasteiger charge is -2.33. The first-order valence-electron chi connectivity index (χ1n) is 13.1. The van der Waals surface area contributed by atoms with Gasteiger partial charge in [-0.3, -0.25) is 4.79 Å². The van der Waals surface area contributed by atoms with Gasteiger partial charge in [0.15, 0.2) is 5.65 Å². The highest BCUT2D eigenvalue weighted by molar-refractivity contribution is 7.19. The smallest absolute Gasteiger partial charge is 0.420 e. The van der Waals surface area contributed by atoms with Gasteiger partial charge >= 0.3 is 12.1 Å².